The topological polar surface area (TPSA) is 38.3 Å². The predicted molar refractivity (Wildman–Crippen MR) is 86.6 cm³/mol. The molecule has 0 saturated heterocycles. The smallest absolute Gasteiger partial charge is 0.418 e. The molecular formula is C16H12Cl2F3NO2. The van der Waals surface area contributed by atoms with Crippen molar-refractivity contribution in [3.63, 3.8) is 0 Å². The molecular weight excluding hydrogens is 366 g/mol. The second-order valence-corrected chi connectivity index (χ2v) is 5.71. The monoisotopic (exact) mass is 377 g/mol. The van der Waals surface area contributed by atoms with Crippen molar-refractivity contribution < 1.29 is 22.7 Å². The van der Waals surface area contributed by atoms with Crippen molar-refractivity contribution in [1.29, 1.82) is 0 Å². The molecule has 0 aliphatic carbocycles. The highest BCUT2D eigenvalue weighted by atomic mass is 35.5. The van der Waals surface area contributed by atoms with Crippen LogP contribution in [0, 0.1) is 0 Å². The Hall–Kier alpha value is -1.92. The quantitative estimate of drug-likeness (QED) is 0.772. The van der Waals surface area contributed by atoms with Gasteiger partial charge in [-0.15, -0.1) is 0 Å². The van der Waals surface area contributed by atoms with E-state index in [-0.39, 0.29) is 16.5 Å². The lowest BCUT2D eigenvalue weighted by Crippen LogP contribution is -2.31. The average Bonchev–Trinajstić information content (AvgIpc) is 2.49. The minimum Gasteiger partial charge on any atom is -0.479 e. The van der Waals surface area contributed by atoms with Crippen molar-refractivity contribution in [2.45, 2.75) is 19.2 Å². The number of hydrogen-bond donors (Lipinski definition) is 1. The maximum absolute atomic E-state index is 12.9. The fourth-order valence-electron chi connectivity index (χ4n) is 1.89. The zero-order valence-electron chi connectivity index (χ0n) is 12.3. The van der Waals surface area contributed by atoms with E-state index in [1.807, 2.05) is 0 Å². The lowest BCUT2D eigenvalue weighted by molar-refractivity contribution is -0.137. The molecule has 1 atom stereocenters. The number of benzene rings is 2. The summed E-state index contributed by atoms with van der Waals surface area (Å²) in [6.07, 6.45) is -5.64. The molecule has 0 spiro atoms. The van der Waals surface area contributed by atoms with E-state index in [9.17, 15) is 18.0 Å². The van der Waals surface area contributed by atoms with E-state index in [0.29, 0.717) is 5.02 Å². The van der Waals surface area contributed by atoms with Crippen LogP contribution in [0.5, 0.6) is 5.75 Å². The van der Waals surface area contributed by atoms with Crippen LogP contribution in [0.3, 0.4) is 0 Å². The number of para-hydroxylation sites is 1. The SMILES string of the molecule is C[C@@H](Oc1ccc(Cl)cc1Cl)C(=O)Nc1ccccc1C(F)(F)F. The first-order chi connectivity index (χ1) is 11.2. The minimum atomic E-state index is -4.58. The van der Waals surface area contributed by atoms with Gasteiger partial charge in [-0.2, -0.15) is 13.2 Å². The molecule has 1 amide bonds. The molecule has 0 aliphatic rings. The second kappa shape index (κ2) is 7.32. The number of rotatable bonds is 4. The van der Waals surface area contributed by atoms with Gasteiger partial charge in [-0.3, -0.25) is 4.79 Å². The number of carbonyl (C=O) groups is 1. The third kappa shape index (κ3) is 4.55. The third-order valence-electron chi connectivity index (χ3n) is 3.06. The van der Waals surface area contributed by atoms with Gasteiger partial charge in [0.2, 0.25) is 0 Å². The summed E-state index contributed by atoms with van der Waals surface area (Å²) >= 11 is 11.7. The van der Waals surface area contributed by atoms with Crippen LogP contribution in [-0.4, -0.2) is 12.0 Å². The number of alkyl halides is 3. The summed E-state index contributed by atoms with van der Waals surface area (Å²) in [6, 6.07) is 9.12. The Morgan fingerprint density at radius 1 is 1.17 bits per heavy atom. The van der Waals surface area contributed by atoms with Gasteiger partial charge < -0.3 is 10.1 Å². The number of carbonyl (C=O) groups excluding carboxylic acids is 1. The fourth-order valence-corrected chi connectivity index (χ4v) is 2.34. The van der Waals surface area contributed by atoms with Crippen molar-refractivity contribution in [3.05, 3.63) is 58.1 Å². The summed E-state index contributed by atoms with van der Waals surface area (Å²) in [4.78, 5) is 12.1. The van der Waals surface area contributed by atoms with Gasteiger partial charge in [0, 0.05) is 5.02 Å². The number of hydrogen-bond acceptors (Lipinski definition) is 2. The Balaban J connectivity index is 2.13. The number of ether oxygens (including phenoxy) is 1. The summed E-state index contributed by atoms with van der Waals surface area (Å²) in [6.45, 7) is 1.40. The van der Waals surface area contributed by atoms with Crippen molar-refractivity contribution in [2.24, 2.45) is 0 Å². The molecule has 3 nitrogen and oxygen atoms in total. The maximum atomic E-state index is 12.9. The van der Waals surface area contributed by atoms with E-state index in [1.165, 1.54) is 43.3 Å². The average molecular weight is 378 g/mol. The first-order valence-electron chi connectivity index (χ1n) is 6.77. The number of amides is 1. The van der Waals surface area contributed by atoms with Crippen LogP contribution in [0.4, 0.5) is 18.9 Å². The molecule has 0 saturated carbocycles. The highest BCUT2D eigenvalue weighted by Crippen LogP contribution is 2.34. The maximum Gasteiger partial charge on any atom is 0.418 e. The zero-order valence-corrected chi connectivity index (χ0v) is 13.8. The molecule has 0 bridgehead atoms. The second-order valence-electron chi connectivity index (χ2n) is 4.87. The third-order valence-corrected chi connectivity index (χ3v) is 3.59. The summed E-state index contributed by atoms with van der Waals surface area (Å²) in [5.41, 5.74) is -1.28. The largest absolute Gasteiger partial charge is 0.479 e. The van der Waals surface area contributed by atoms with E-state index in [4.69, 9.17) is 27.9 Å². The molecule has 8 heteroatoms. The molecule has 0 unspecified atom stereocenters. The number of halogens is 5. The van der Waals surface area contributed by atoms with Crippen molar-refractivity contribution >= 4 is 34.8 Å². The number of anilines is 1. The summed E-state index contributed by atoms with van der Waals surface area (Å²) in [5, 5.41) is 2.80. The molecule has 0 radical (unpaired) electrons. The highest BCUT2D eigenvalue weighted by Gasteiger charge is 2.34. The lowest BCUT2D eigenvalue weighted by Gasteiger charge is -2.18. The van der Waals surface area contributed by atoms with Gasteiger partial charge in [-0.05, 0) is 37.3 Å². The van der Waals surface area contributed by atoms with Crippen molar-refractivity contribution in [3.8, 4) is 5.75 Å². The molecule has 2 rings (SSSR count). The molecule has 0 fully saturated rings. The van der Waals surface area contributed by atoms with Gasteiger partial charge in [0.25, 0.3) is 5.91 Å². The van der Waals surface area contributed by atoms with Crippen molar-refractivity contribution in [1.82, 2.24) is 0 Å². The molecule has 2 aromatic carbocycles. The van der Waals surface area contributed by atoms with Crippen LogP contribution in [0.15, 0.2) is 42.5 Å². The summed E-state index contributed by atoms with van der Waals surface area (Å²) in [7, 11) is 0. The normalized spacial score (nSPS) is 12.6. The Bertz CT molecular complexity index is 750. The van der Waals surface area contributed by atoms with Crippen LogP contribution >= 0.6 is 23.2 Å². The van der Waals surface area contributed by atoms with Gasteiger partial charge in [0.1, 0.15) is 5.75 Å². The standard InChI is InChI=1S/C16H12Cl2F3NO2/c1-9(24-14-7-6-10(17)8-12(14)18)15(23)22-13-5-3-2-4-11(13)16(19,20)21/h2-9H,1H3,(H,22,23)/t9-/m1/s1. The minimum absolute atomic E-state index is 0.192. The molecule has 0 aromatic heterocycles. The molecule has 1 N–H and O–H groups in total. The van der Waals surface area contributed by atoms with Gasteiger partial charge in [0.05, 0.1) is 16.3 Å². The highest BCUT2D eigenvalue weighted by molar-refractivity contribution is 6.35. The predicted octanol–water partition coefficient (Wildman–Crippen LogP) is 5.42. The van der Waals surface area contributed by atoms with E-state index in [1.54, 1.807) is 0 Å². The van der Waals surface area contributed by atoms with Crippen molar-refractivity contribution in [2.75, 3.05) is 5.32 Å². The molecule has 0 aliphatic heterocycles. The van der Waals surface area contributed by atoms with Gasteiger partial charge in [-0.1, -0.05) is 35.3 Å². The first kappa shape index (κ1) is 18.4. The van der Waals surface area contributed by atoms with E-state index >= 15 is 0 Å². The number of nitrogens with one attached hydrogen (secondary N) is 1. The Labute approximate surface area is 146 Å². The van der Waals surface area contributed by atoms with Crippen LogP contribution in [0.25, 0.3) is 0 Å². The summed E-state index contributed by atoms with van der Waals surface area (Å²) in [5.74, 6) is -0.537. The Morgan fingerprint density at radius 3 is 2.46 bits per heavy atom. The summed E-state index contributed by atoms with van der Waals surface area (Å²) < 4.78 is 44.2. The van der Waals surface area contributed by atoms with Crippen LogP contribution in [0.2, 0.25) is 10.0 Å². The van der Waals surface area contributed by atoms with Gasteiger partial charge >= 0.3 is 6.18 Å². The zero-order chi connectivity index (χ0) is 17.9. The van der Waals surface area contributed by atoms with Gasteiger partial charge in [0.15, 0.2) is 6.10 Å². The first-order valence-corrected chi connectivity index (χ1v) is 7.53. The molecule has 0 heterocycles. The van der Waals surface area contributed by atoms with E-state index in [0.717, 1.165) is 6.07 Å². The van der Waals surface area contributed by atoms with E-state index in [2.05, 4.69) is 5.32 Å². The Kier molecular flexibility index (Phi) is 5.62. The Morgan fingerprint density at radius 2 is 1.83 bits per heavy atom. The van der Waals surface area contributed by atoms with Gasteiger partial charge in [-0.25, -0.2) is 0 Å². The molecule has 24 heavy (non-hydrogen) atoms. The van der Waals surface area contributed by atoms with Crippen LogP contribution in [-0.2, 0) is 11.0 Å². The fraction of sp³-hybridized carbons (Fsp3) is 0.188. The van der Waals surface area contributed by atoms with Crippen LogP contribution < -0.4 is 10.1 Å². The van der Waals surface area contributed by atoms with Crippen LogP contribution in [0.1, 0.15) is 12.5 Å². The molecule has 2 aromatic rings. The molecule has 128 valence electrons. The lowest BCUT2D eigenvalue weighted by atomic mass is 10.1. The van der Waals surface area contributed by atoms with E-state index < -0.39 is 23.8 Å².